The van der Waals surface area contributed by atoms with Crippen molar-refractivity contribution in [2.24, 2.45) is 16.3 Å². The highest BCUT2D eigenvalue weighted by molar-refractivity contribution is 7.89. The van der Waals surface area contributed by atoms with Gasteiger partial charge in [0.25, 0.3) is 0 Å². The molecule has 5 N–H and O–H groups in total. The van der Waals surface area contributed by atoms with Gasteiger partial charge in [-0.15, -0.1) is 12.4 Å². The highest BCUT2D eigenvalue weighted by Crippen LogP contribution is 2.37. The molecule has 0 radical (unpaired) electrons. The zero-order chi connectivity index (χ0) is 15.5. The fourth-order valence-electron chi connectivity index (χ4n) is 2.78. The van der Waals surface area contributed by atoms with Gasteiger partial charge in [-0.25, -0.2) is 13.6 Å². The van der Waals surface area contributed by atoms with Crippen molar-refractivity contribution in [3.05, 3.63) is 29.8 Å². The Labute approximate surface area is 137 Å². The minimum Gasteiger partial charge on any atom is -0.352 e. The first kappa shape index (κ1) is 18.9. The van der Waals surface area contributed by atoms with Gasteiger partial charge in [-0.2, -0.15) is 0 Å². The standard InChI is InChI=1S/C14H21N3O3S.ClH/c15-10-14(6-1-2-7-14)13(18)17-9-11-4-3-5-12(8-11)21(16,19)20;/h3-5,8H,1-2,6-7,9-10,15H2,(H,17,18)(H2,16,19,20);1H. The van der Waals surface area contributed by atoms with E-state index in [1.54, 1.807) is 12.1 Å². The summed E-state index contributed by atoms with van der Waals surface area (Å²) in [5.74, 6) is -0.0523. The van der Waals surface area contributed by atoms with Gasteiger partial charge in [0.2, 0.25) is 15.9 Å². The first-order chi connectivity index (χ1) is 9.87. The lowest BCUT2D eigenvalue weighted by Gasteiger charge is -2.25. The van der Waals surface area contributed by atoms with E-state index in [1.165, 1.54) is 12.1 Å². The molecule has 22 heavy (non-hydrogen) atoms. The van der Waals surface area contributed by atoms with Gasteiger partial charge in [0.15, 0.2) is 0 Å². The quantitative estimate of drug-likeness (QED) is 0.733. The average molecular weight is 348 g/mol. The molecule has 1 saturated carbocycles. The number of sulfonamides is 1. The molecule has 1 aliphatic rings. The largest absolute Gasteiger partial charge is 0.352 e. The van der Waals surface area contributed by atoms with Crippen molar-refractivity contribution in [3.8, 4) is 0 Å². The van der Waals surface area contributed by atoms with Crippen molar-refractivity contribution < 1.29 is 13.2 Å². The molecular formula is C14H22ClN3O3S. The van der Waals surface area contributed by atoms with E-state index in [-0.39, 0.29) is 29.8 Å². The summed E-state index contributed by atoms with van der Waals surface area (Å²) in [6, 6.07) is 6.26. The number of hydrogen-bond acceptors (Lipinski definition) is 4. The Kier molecular flexibility index (Phi) is 6.37. The summed E-state index contributed by atoms with van der Waals surface area (Å²) >= 11 is 0. The number of hydrogen-bond donors (Lipinski definition) is 3. The molecule has 0 aromatic heterocycles. The van der Waals surface area contributed by atoms with E-state index in [1.807, 2.05) is 0 Å². The van der Waals surface area contributed by atoms with Gasteiger partial charge >= 0.3 is 0 Å². The number of amides is 1. The zero-order valence-electron chi connectivity index (χ0n) is 12.2. The van der Waals surface area contributed by atoms with Gasteiger partial charge < -0.3 is 11.1 Å². The monoisotopic (exact) mass is 347 g/mol. The number of nitrogens with one attached hydrogen (secondary N) is 1. The number of carbonyl (C=O) groups is 1. The second-order valence-electron chi connectivity index (χ2n) is 5.57. The normalized spacial score (nSPS) is 16.8. The average Bonchev–Trinajstić information content (AvgIpc) is 2.94. The molecule has 0 aliphatic heterocycles. The van der Waals surface area contributed by atoms with Crippen LogP contribution in [0.25, 0.3) is 0 Å². The molecule has 124 valence electrons. The van der Waals surface area contributed by atoms with Crippen LogP contribution >= 0.6 is 12.4 Å². The molecule has 0 unspecified atom stereocenters. The fourth-order valence-corrected chi connectivity index (χ4v) is 3.36. The number of benzene rings is 1. The lowest BCUT2D eigenvalue weighted by Crippen LogP contribution is -2.43. The van der Waals surface area contributed by atoms with Crippen LogP contribution in [0.2, 0.25) is 0 Å². The Morgan fingerprint density at radius 2 is 1.91 bits per heavy atom. The summed E-state index contributed by atoms with van der Waals surface area (Å²) in [5.41, 5.74) is 6.00. The molecule has 0 spiro atoms. The third-order valence-electron chi connectivity index (χ3n) is 4.11. The van der Waals surface area contributed by atoms with E-state index in [4.69, 9.17) is 10.9 Å². The van der Waals surface area contributed by atoms with E-state index < -0.39 is 15.4 Å². The third kappa shape index (κ3) is 4.19. The number of nitrogens with two attached hydrogens (primary N) is 2. The number of rotatable bonds is 5. The molecule has 8 heteroatoms. The second kappa shape index (κ2) is 7.41. The molecule has 1 aromatic carbocycles. The van der Waals surface area contributed by atoms with Crippen LogP contribution in [0.3, 0.4) is 0 Å². The summed E-state index contributed by atoms with van der Waals surface area (Å²) in [6.07, 6.45) is 3.66. The van der Waals surface area contributed by atoms with Crippen molar-refractivity contribution >= 4 is 28.3 Å². The number of halogens is 1. The van der Waals surface area contributed by atoms with E-state index in [9.17, 15) is 13.2 Å². The van der Waals surface area contributed by atoms with Gasteiger partial charge in [-0.3, -0.25) is 4.79 Å². The summed E-state index contributed by atoms with van der Waals surface area (Å²) < 4.78 is 22.6. The zero-order valence-corrected chi connectivity index (χ0v) is 13.9. The van der Waals surface area contributed by atoms with Gasteiger partial charge in [-0.1, -0.05) is 25.0 Å². The van der Waals surface area contributed by atoms with Crippen LogP contribution in [-0.4, -0.2) is 20.9 Å². The fraction of sp³-hybridized carbons (Fsp3) is 0.500. The van der Waals surface area contributed by atoms with Crippen molar-refractivity contribution in [1.82, 2.24) is 5.32 Å². The number of primary sulfonamides is 1. The SMILES string of the molecule is Cl.NCC1(C(=O)NCc2cccc(S(N)(=O)=O)c2)CCCC1. The maximum Gasteiger partial charge on any atom is 0.238 e. The molecule has 1 fully saturated rings. The molecule has 2 rings (SSSR count). The van der Waals surface area contributed by atoms with Crippen LogP contribution in [0.15, 0.2) is 29.2 Å². The first-order valence-corrected chi connectivity index (χ1v) is 8.52. The van der Waals surface area contributed by atoms with Gasteiger partial charge in [-0.05, 0) is 30.5 Å². The van der Waals surface area contributed by atoms with E-state index in [2.05, 4.69) is 5.32 Å². The maximum absolute atomic E-state index is 12.3. The Bertz CT molecular complexity index is 628. The van der Waals surface area contributed by atoms with E-state index in [0.717, 1.165) is 25.7 Å². The molecule has 0 saturated heterocycles. The summed E-state index contributed by atoms with van der Waals surface area (Å²) in [5, 5.41) is 7.95. The van der Waals surface area contributed by atoms with Crippen LogP contribution in [-0.2, 0) is 21.4 Å². The van der Waals surface area contributed by atoms with Gasteiger partial charge in [0, 0.05) is 13.1 Å². The van der Waals surface area contributed by atoms with Crippen molar-refractivity contribution in [1.29, 1.82) is 0 Å². The van der Waals surface area contributed by atoms with Crippen molar-refractivity contribution in [2.75, 3.05) is 6.54 Å². The molecule has 6 nitrogen and oxygen atoms in total. The Morgan fingerprint density at radius 1 is 1.27 bits per heavy atom. The van der Waals surface area contributed by atoms with E-state index >= 15 is 0 Å². The Balaban J connectivity index is 0.00000242. The van der Waals surface area contributed by atoms with Gasteiger partial charge in [0.05, 0.1) is 10.3 Å². The molecule has 1 aliphatic carbocycles. The highest BCUT2D eigenvalue weighted by Gasteiger charge is 2.39. The van der Waals surface area contributed by atoms with Crippen molar-refractivity contribution in [3.63, 3.8) is 0 Å². The predicted molar refractivity (Wildman–Crippen MR) is 86.9 cm³/mol. The topological polar surface area (TPSA) is 115 Å². The van der Waals surface area contributed by atoms with Crippen LogP contribution in [0, 0.1) is 5.41 Å². The Hall–Kier alpha value is -1.15. The lowest BCUT2D eigenvalue weighted by molar-refractivity contribution is -0.130. The first-order valence-electron chi connectivity index (χ1n) is 6.97. The van der Waals surface area contributed by atoms with Crippen LogP contribution in [0.5, 0.6) is 0 Å². The second-order valence-corrected chi connectivity index (χ2v) is 7.13. The molecular weight excluding hydrogens is 326 g/mol. The minimum atomic E-state index is -3.73. The van der Waals surface area contributed by atoms with Gasteiger partial charge in [0.1, 0.15) is 0 Å². The van der Waals surface area contributed by atoms with Crippen LogP contribution in [0.1, 0.15) is 31.2 Å². The Morgan fingerprint density at radius 3 is 2.45 bits per heavy atom. The summed E-state index contributed by atoms with van der Waals surface area (Å²) in [7, 11) is -3.73. The van der Waals surface area contributed by atoms with Crippen LogP contribution < -0.4 is 16.2 Å². The predicted octanol–water partition coefficient (Wildman–Crippen LogP) is 0.891. The number of carbonyl (C=O) groups excluding carboxylic acids is 1. The van der Waals surface area contributed by atoms with Crippen LogP contribution in [0.4, 0.5) is 0 Å². The smallest absolute Gasteiger partial charge is 0.238 e. The lowest BCUT2D eigenvalue weighted by atomic mass is 9.85. The molecule has 0 bridgehead atoms. The third-order valence-corrected chi connectivity index (χ3v) is 5.02. The molecule has 0 heterocycles. The summed E-state index contributed by atoms with van der Waals surface area (Å²) in [4.78, 5) is 12.4. The van der Waals surface area contributed by atoms with E-state index in [0.29, 0.717) is 12.1 Å². The summed E-state index contributed by atoms with van der Waals surface area (Å²) in [6.45, 7) is 0.611. The maximum atomic E-state index is 12.3. The highest BCUT2D eigenvalue weighted by atomic mass is 35.5. The molecule has 1 amide bonds. The molecule has 0 atom stereocenters. The molecule has 1 aromatic rings. The minimum absolute atomic E-state index is 0. The van der Waals surface area contributed by atoms with Crippen molar-refractivity contribution in [2.45, 2.75) is 37.1 Å².